The Morgan fingerprint density at radius 2 is 2.17 bits per heavy atom. The van der Waals surface area contributed by atoms with Crippen LogP contribution in [-0.4, -0.2) is 42.3 Å². The maximum Gasteiger partial charge on any atom is 0.242 e. The van der Waals surface area contributed by atoms with Crippen LogP contribution in [0.4, 0.5) is 4.39 Å². The molecule has 7 heteroatoms. The molecule has 6 nitrogen and oxygen atoms in total. The van der Waals surface area contributed by atoms with Gasteiger partial charge >= 0.3 is 0 Å². The van der Waals surface area contributed by atoms with Crippen molar-refractivity contribution in [1.29, 1.82) is 0 Å². The SMILES string of the molecule is Cc1cc(CNC(=O)C(c2cccc(F)c2)N2CCOCC2)no1. The van der Waals surface area contributed by atoms with Crippen LogP contribution in [-0.2, 0) is 16.1 Å². The second kappa shape index (κ2) is 7.55. The Morgan fingerprint density at radius 1 is 1.38 bits per heavy atom. The Labute approximate surface area is 139 Å². The van der Waals surface area contributed by atoms with Crippen molar-refractivity contribution < 1.29 is 18.4 Å². The number of carbonyl (C=O) groups excluding carboxylic acids is 1. The second-order valence-corrected chi connectivity index (χ2v) is 5.75. The number of hydrogen-bond donors (Lipinski definition) is 1. The van der Waals surface area contributed by atoms with Crippen molar-refractivity contribution in [3.05, 3.63) is 53.2 Å². The average molecular weight is 333 g/mol. The molecule has 0 bridgehead atoms. The van der Waals surface area contributed by atoms with E-state index >= 15 is 0 Å². The van der Waals surface area contributed by atoms with Crippen LogP contribution in [0.2, 0.25) is 0 Å². The second-order valence-electron chi connectivity index (χ2n) is 5.75. The number of aromatic nitrogens is 1. The largest absolute Gasteiger partial charge is 0.379 e. The Kier molecular flexibility index (Phi) is 5.22. The van der Waals surface area contributed by atoms with Crippen molar-refractivity contribution in [2.45, 2.75) is 19.5 Å². The highest BCUT2D eigenvalue weighted by molar-refractivity contribution is 5.83. The first-order valence-corrected chi connectivity index (χ1v) is 7.90. The summed E-state index contributed by atoms with van der Waals surface area (Å²) in [5, 5.41) is 6.72. The van der Waals surface area contributed by atoms with Gasteiger partial charge in [0.2, 0.25) is 5.91 Å². The third kappa shape index (κ3) is 3.98. The molecule has 24 heavy (non-hydrogen) atoms. The number of carbonyl (C=O) groups is 1. The molecule has 1 fully saturated rings. The van der Waals surface area contributed by atoms with Crippen LogP contribution in [0.5, 0.6) is 0 Å². The monoisotopic (exact) mass is 333 g/mol. The molecule has 3 rings (SSSR count). The fourth-order valence-electron chi connectivity index (χ4n) is 2.82. The van der Waals surface area contributed by atoms with E-state index in [0.29, 0.717) is 43.3 Å². The van der Waals surface area contributed by atoms with Gasteiger partial charge in [-0.05, 0) is 24.6 Å². The Balaban J connectivity index is 1.76. The summed E-state index contributed by atoms with van der Waals surface area (Å²) in [5.74, 6) is 0.142. The normalized spacial score (nSPS) is 16.8. The van der Waals surface area contributed by atoms with Crippen LogP contribution in [0.1, 0.15) is 23.1 Å². The number of amides is 1. The van der Waals surface area contributed by atoms with E-state index in [9.17, 15) is 9.18 Å². The summed E-state index contributed by atoms with van der Waals surface area (Å²) in [6.45, 7) is 4.42. The van der Waals surface area contributed by atoms with E-state index in [-0.39, 0.29) is 18.3 Å². The van der Waals surface area contributed by atoms with Crippen molar-refractivity contribution in [2.75, 3.05) is 26.3 Å². The number of halogens is 1. The number of nitrogens with zero attached hydrogens (tertiary/aromatic N) is 2. The first-order valence-electron chi connectivity index (χ1n) is 7.90. The molecule has 1 atom stereocenters. The highest BCUT2D eigenvalue weighted by Gasteiger charge is 2.29. The zero-order chi connectivity index (χ0) is 16.9. The van der Waals surface area contributed by atoms with Gasteiger partial charge in [0.15, 0.2) is 0 Å². The number of benzene rings is 1. The number of aryl methyl sites for hydroxylation is 1. The Morgan fingerprint density at radius 3 is 2.83 bits per heavy atom. The van der Waals surface area contributed by atoms with Crippen LogP contribution in [0.15, 0.2) is 34.9 Å². The quantitative estimate of drug-likeness (QED) is 0.904. The molecule has 1 aromatic carbocycles. The number of nitrogens with one attached hydrogen (secondary N) is 1. The molecule has 1 N–H and O–H groups in total. The molecule has 1 aliphatic rings. The summed E-state index contributed by atoms with van der Waals surface area (Å²) in [6.07, 6.45) is 0. The van der Waals surface area contributed by atoms with Crippen LogP contribution in [0.25, 0.3) is 0 Å². The van der Waals surface area contributed by atoms with E-state index in [2.05, 4.69) is 10.5 Å². The Bertz CT molecular complexity index is 698. The summed E-state index contributed by atoms with van der Waals surface area (Å²) in [7, 11) is 0. The van der Waals surface area contributed by atoms with Gasteiger partial charge in [0, 0.05) is 19.2 Å². The average Bonchev–Trinajstić information content (AvgIpc) is 3.00. The molecule has 1 aliphatic heterocycles. The van der Waals surface area contributed by atoms with E-state index in [4.69, 9.17) is 9.26 Å². The predicted octanol–water partition coefficient (Wildman–Crippen LogP) is 1.81. The number of hydrogen-bond acceptors (Lipinski definition) is 5. The van der Waals surface area contributed by atoms with Crippen LogP contribution in [0.3, 0.4) is 0 Å². The van der Waals surface area contributed by atoms with E-state index in [1.165, 1.54) is 12.1 Å². The first-order chi connectivity index (χ1) is 11.6. The summed E-state index contributed by atoms with van der Waals surface area (Å²) >= 11 is 0. The van der Waals surface area contributed by atoms with E-state index in [0.717, 1.165) is 0 Å². The lowest BCUT2D eigenvalue weighted by atomic mass is 10.0. The van der Waals surface area contributed by atoms with Crippen LogP contribution in [0, 0.1) is 12.7 Å². The van der Waals surface area contributed by atoms with Gasteiger partial charge in [0.1, 0.15) is 23.3 Å². The maximum atomic E-state index is 13.6. The summed E-state index contributed by atoms with van der Waals surface area (Å²) in [6, 6.07) is 7.37. The zero-order valence-electron chi connectivity index (χ0n) is 13.5. The minimum absolute atomic E-state index is 0.192. The lowest BCUT2D eigenvalue weighted by Gasteiger charge is -2.33. The zero-order valence-corrected chi connectivity index (χ0v) is 13.5. The molecular formula is C17H20FN3O3. The molecule has 2 aromatic rings. The molecule has 0 saturated carbocycles. The maximum absolute atomic E-state index is 13.6. The number of rotatable bonds is 5. The topological polar surface area (TPSA) is 67.6 Å². The van der Waals surface area contributed by atoms with Crippen molar-refractivity contribution >= 4 is 5.91 Å². The summed E-state index contributed by atoms with van der Waals surface area (Å²) in [4.78, 5) is 14.8. The molecule has 1 saturated heterocycles. The lowest BCUT2D eigenvalue weighted by Crippen LogP contribution is -2.45. The number of ether oxygens (including phenoxy) is 1. The standard InChI is InChI=1S/C17H20FN3O3/c1-12-9-15(20-24-12)11-19-17(22)16(21-5-7-23-8-6-21)13-3-2-4-14(18)10-13/h2-4,9-10,16H,5-8,11H2,1H3,(H,19,22). The van der Waals surface area contributed by atoms with Crippen molar-refractivity contribution in [1.82, 2.24) is 15.4 Å². The molecule has 0 radical (unpaired) electrons. The summed E-state index contributed by atoms with van der Waals surface area (Å²) in [5.41, 5.74) is 1.28. The Hall–Kier alpha value is -2.25. The highest BCUT2D eigenvalue weighted by Crippen LogP contribution is 2.23. The van der Waals surface area contributed by atoms with Crippen molar-refractivity contribution in [2.24, 2.45) is 0 Å². The molecular weight excluding hydrogens is 313 g/mol. The molecule has 1 aromatic heterocycles. The molecule has 2 heterocycles. The van der Waals surface area contributed by atoms with Gasteiger partial charge in [-0.15, -0.1) is 0 Å². The van der Waals surface area contributed by atoms with Crippen molar-refractivity contribution in [3.63, 3.8) is 0 Å². The fraction of sp³-hybridized carbons (Fsp3) is 0.412. The highest BCUT2D eigenvalue weighted by atomic mass is 19.1. The smallest absolute Gasteiger partial charge is 0.242 e. The van der Waals surface area contributed by atoms with E-state index in [1.54, 1.807) is 25.1 Å². The van der Waals surface area contributed by atoms with E-state index in [1.807, 2.05) is 4.90 Å². The van der Waals surface area contributed by atoms with Gasteiger partial charge in [-0.1, -0.05) is 17.3 Å². The predicted molar refractivity (Wildman–Crippen MR) is 84.6 cm³/mol. The third-order valence-corrected chi connectivity index (χ3v) is 3.94. The fourth-order valence-corrected chi connectivity index (χ4v) is 2.82. The van der Waals surface area contributed by atoms with E-state index < -0.39 is 6.04 Å². The van der Waals surface area contributed by atoms with Gasteiger partial charge in [0.05, 0.1) is 19.8 Å². The van der Waals surface area contributed by atoms with Gasteiger partial charge < -0.3 is 14.6 Å². The van der Waals surface area contributed by atoms with Gasteiger partial charge in [-0.2, -0.15) is 0 Å². The van der Waals surface area contributed by atoms with Crippen LogP contribution >= 0.6 is 0 Å². The van der Waals surface area contributed by atoms with Gasteiger partial charge in [-0.3, -0.25) is 9.69 Å². The molecule has 1 unspecified atom stereocenters. The lowest BCUT2D eigenvalue weighted by molar-refractivity contribution is -0.128. The minimum atomic E-state index is -0.558. The third-order valence-electron chi connectivity index (χ3n) is 3.94. The van der Waals surface area contributed by atoms with Gasteiger partial charge in [-0.25, -0.2) is 4.39 Å². The van der Waals surface area contributed by atoms with Gasteiger partial charge in [0.25, 0.3) is 0 Å². The molecule has 0 aliphatic carbocycles. The summed E-state index contributed by atoms with van der Waals surface area (Å²) < 4.78 is 24.0. The van der Waals surface area contributed by atoms with Crippen LogP contribution < -0.4 is 5.32 Å². The first kappa shape index (κ1) is 16.6. The number of morpholine rings is 1. The molecule has 128 valence electrons. The molecule has 0 spiro atoms. The van der Waals surface area contributed by atoms with Crippen molar-refractivity contribution in [3.8, 4) is 0 Å². The molecule has 1 amide bonds. The minimum Gasteiger partial charge on any atom is -0.379 e.